The number of ether oxygens (including phenoxy) is 2. The Kier molecular flexibility index (Phi) is 5.74. The zero-order valence-corrected chi connectivity index (χ0v) is 17.3. The van der Waals surface area contributed by atoms with Gasteiger partial charge in [0, 0.05) is 18.0 Å². The molecule has 0 atom stereocenters. The Bertz CT molecular complexity index is 1010. The molecule has 1 aromatic heterocycles. The van der Waals surface area contributed by atoms with E-state index in [-0.39, 0.29) is 17.0 Å². The molecule has 1 amide bonds. The summed E-state index contributed by atoms with van der Waals surface area (Å²) in [7, 11) is 3.18. The summed E-state index contributed by atoms with van der Waals surface area (Å²) in [6.45, 7) is 0.584. The minimum atomic E-state index is -0.242. The van der Waals surface area contributed by atoms with Crippen LogP contribution in [0.2, 0.25) is 0 Å². The number of aromatic nitrogens is 1. The molecule has 0 saturated heterocycles. The van der Waals surface area contributed by atoms with E-state index in [4.69, 9.17) is 14.0 Å². The second-order valence-corrected chi connectivity index (χ2v) is 7.68. The highest BCUT2D eigenvalue weighted by Crippen LogP contribution is 2.40. The first-order chi connectivity index (χ1) is 14.6. The lowest BCUT2D eigenvalue weighted by molar-refractivity contribution is 0.0934. The van der Waals surface area contributed by atoms with Gasteiger partial charge in [0.15, 0.2) is 11.5 Å². The third kappa shape index (κ3) is 3.90. The molecule has 1 fully saturated rings. The molecule has 2 aromatic carbocycles. The molecule has 6 nitrogen and oxygen atoms in total. The Morgan fingerprint density at radius 3 is 2.53 bits per heavy atom. The predicted molar refractivity (Wildman–Crippen MR) is 114 cm³/mol. The minimum absolute atomic E-state index is 0.0144. The largest absolute Gasteiger partial charge is 0.497 e. The molecule has 1 aliphatic carbocycles. The minimum Gasteiger partial charge on any atom is -0.497 e. The fourth-order valence-electron chi connectivity index (χ4n) is 4.27. The molecule has 1 aliphatic rings. The van der Waals surface area contributed by atoms with Crippen molar-refractivity contribution in [1.82, 2.24) is 10.5 Å². The molecule has 0 bridgehead atoms. The lowest BCUT2D eigenvalue weighted by atomic mass is 9.79. The summed E-state index contributed by atoms with van der Waals surface area (Å²) in [4.78, 5) is 12.8. The molecule has 0 unspecified atom stereocenters. The standard InChI is InChI=1S/C24H26N2O4/c1-28-18-10-11-21(29-2)19(14-18)22-15-20(26-30-22)23(27)25-16-24(12-6-7-13-24)17-8-4-3-5-9-17/h3-5,8-11,14-15H,6-7,12-13,16H2,1-2H3,(H,25,27). The fraction of sp³-hybridized carbons (Fsp3) is 0.333. The van der Waals surface area contributed by atoms with Crippen LogP contribution in [0, 0.1) is 0 Å². The highest BCUT2D eigenvalue weighted by Gasteiger charge is 2.36. The lowest BCUT2D eigenvalue weighted by Crippen LogP contribution is -2.39. The maximum atomic E-state index is 12.8. The van der Waals surface area contributed by atoms with E-state index in [1.165, 1.54) is 18.4 Å². The summed E-state index contributed by atoms with van der Waals surface area (Å²) in [5, 5.41) is 7.06. The second-order valence-electron chi connectivity index (χ2n) is 7.68. The summed E-state index contributed by atoms with van der Waals surface area (Å²) in [6, 6.07) is 17.5. The molecule has 156 valence electrons. The number of rotatable bonds is 7. The average molecular weight is 406 g/mol. The monoisotopic (exact) mass is 406 g/mol. The van der Waals surface area contributed by atoms with Crippen molar-refractivity contribution in [3.63, 3.8) is 0 Å². The van der Waals surface area contributed by atoms with Gasteiger partial charge in [-0.15, -0.1) is 0 Å². The number of amides is 1. The van der Waals surface area contributed by atoms with E-state index in [0.717, 1.165) is 12.8 Å². The molecule has 3 aromatic rings. The maximum Gasteiger partial charge on any atom is 0.273 e. The van der Waals surface area contributed by atoms with Crippen LogP contribution in [0.1, 0.15) is 41.7 Å². The van der Waals surface area contributed by atoms with Crippen molar-refractivity contribution in [3.05, 3.63) is 65.9 Å². The SMILES string of the molecule is COc1ccc(OC)c(-c2cc(C(=O)NCC3(c4ccccc4)CCCC3)no2)c1. The van der Waals surface area contributed by atoms with Gasteiger partial charge in [-0.25, -0.2) is 0 Å². The van der Waals surface area contributed by atoms with Gasteiger partial charge in [-0.2, -0.15) is 0 Å². The Hall–Kier alpha value is -3.28. The van der Waals surface area contributed by atoms with Crippen LogP contribution in [-0.2, 0) is 5.41 Å². The third-order valence-corrected chi connectivity index (χ3v) is 5.95. The molecule has 6 heteroatoms. The molecule has 0 radical (unpaired) electrons. The van der Waals surface area contributed by atoms with E-state index in [2.05, 4.69) is 34.7 Å². The number of methoxy groups -OCH3 is 2. The fourth-order valence-corrected chi connectivity index (χ4v) is 4.27. The highest BCUT2D eigenvalue weighted by atomic mass is 16.5. The number of hydrogen-bond donors (Lipinski definition) is 1. The Labute approximate surface area is 176 Å². The van der Waals surface area contributed by atoms with Crippen molar-refractivity contribution in [2.24, 2.45) is 0 Å². The first kappa shape index (κ1) is 20.0. The van der Waals surface area contributed by atoms with Crippen LogP contribution >= 0.6 is 0 Å². The molecule has 1 N–H and O–H groups in total. The van der Waals surface area contributed by atoms with E-state index < -0.39 is 0 Å². The van der Waals surface area contributed by atoms with Gasteiger partial charge in [0.25, 0.3) is 5.91 Å². The number of carbonyl (C=O) groups excluding carboxylic acids is 1. The van der Waals surface area contributed by atoms with Gasteiger partial charge in [0.2, 0.25) is 0 Å². The number of nitrogens with one attached hydrogen (secondary N) is 1. The maximum absolute atomic E-state index is 12.8. The number of hydrogen-bond acceptors (Lipinski definition) is 5. The van der Waals surface area contributed by atoms with Crippen LogP contribution in [0.15, 0.2) is 59.1 Å². The van der Waals surface area contributed by atoms with Crippen molar-refractivity contribution in [3.8, 4) is 22.8 Å². The molecule has 4 rings (SSSR count). The Morgan fingerprint density at radius 2 is 1.83 bits per heavy atom. The average Bonchev–Trinajstić information content (AvgIpc) is 3.48. The van der Waals surface area contributed by atoms with Crippen LogP contribution in [0.3, 0.4) is 0 Å². The van der Waals surface area contributed by atoms with Crippen molar-refractivity contribution in [2.75, 3.05) is 20.8 Å². The van der Waals surface area contributed by atoms with Crippen LogP contribution in [-0.4, -0.2) is 31.8 Å². The van der Waals surface area contributed by atoms with E-state index in [1.54, 1.807) is 38.5 Å². The lowest BCUT2D eigenvalue weighted by Gasteiger charge is -2.29. The van der Waals surface area contributed by atoms with Crippen molar-refractivity contribution >= 4 is 5.91 Å². The first-order valence-electron chi connectivity index (χ1n) is 10.2. The third-order valence-electron chi connectivity index (χ3n) is 5.95. The first-order valence-corrected chi connectivity index (χ1v) is 10.2. The van der Waals surface area contributed by atoms with E-state index in [0.29, 0.717) is 29.4 Å². The normalized spacial score (nSPS) is 15.0. The molecular weight excluding hydrogens is 380 g/mol. The number of benzene rings is 2. The van der Waals surface area contributed by atoms with Crippen molar-refractivity contribution < 1.29 is 18.8 Å². The number of carbonyl (C=O) groups is 1. The summed E-state index contributed by atoms with van der Waals surface area (Å²) < 4.78 is 16.1. The summed E-state index contributed by atoms with van der Waals surface area (Å²) in [6.07, 6.45) is 4.49. The predicted octanol–water partition coefficient (Wildman–Crippen LogP) is 4.60. The Morgan fingerprint density at radius 1 is 1.07 bits per heavy atom. The van der Waals surface area contributed by atoms with Crippen LogP contribution in [0.5, 0.6) is 11.5 Å². The summed E-state index contributed by atoms with van der Waals surface area (Å²) in [5.41, 5.74) is 2.19. The quantitative estimate of drug-likeness (QED) is 0.621. The molecule has 0 aliphatic heterocycles. The number of nitrogens with zero attached hydrogens (tertiary/aromatic N) is 1. The van der Waals surface area contributed by atoms with Gasteiger partial charge in [-0.1, -0.05) is 48.3 Å². The second kappa shape index (κ2) is 8.61. The van der Waals surface area contributed by atoms with Gasteiger partial charge in [-0.3, -0.25) is 4.79 Å². The van der Waals surface area contributed by atoms with Crippen molar-refractivity contribution in [2.45, 2.75) is 31.1 Å². The summed E-state index contributed by atoms with van der Waals surface area (Å²) >= 11 is 0. The molecule has 1 saturated carbocycles. The van der Waals surface area contributed by atoms with E-state index in [1.807, 2.05) is 6.07 Å². The van der Waals surface area contributed by atoms with Gasteiger partial charge in [0.05, 0.1) is 19.8 Å². The molecule has 30 heavy (non-hydrogen) atoms. The zero-order chi connectivity index (χ0) is 21.0. The topological polar surface area (TPSA) is 73.6 Å². The zero-order valence-electron chi connectivity index (χ0n) is 17.3. The van der Waals surface area contributed by atoms with Crippen LogP contribution in [0.25, 0.3) is 11.3 Å². The van der Waals surface area contributed by atoms with E-state index in [9.17, 15) is 4.79 Å². The van der Waals surface area contributed by atoms with Gasteiger partial charge < -0.3 is 19.3 Å². The van der Waals surface area contributed by atoms with Crippen LogP contribution < -0.4 is 14.8 Å². The van der Waals surface area contributed by atoms with E-state index >= 15 is 0 Å². The Balaban J connectivity index is 1.51. The van der Waals surface area contributed by atoms with Gasteiger partial charge in [0.1, 0.15) is 11.5 Å². The molecule has 1 heterocycles. The molecule has 0 spiro atoms. The molecular formula is C24H26N2O4. The van der Waals surface area contributed by atoms with Gasteiger partial charge in [-0.05, 0) is 36.6 Å². The van der Waals surface area contributed by atoms with Gasteiger partial charge >= 0.3 is 0 Å². The van der Waals surface area contributed by atoms with Crippen molar-refractivity contribution in [1.29, 1.82) is 0 Å². The van der Waals surface area contributed by atoms with Crippen LogP contribution in [0.4, 0.5) is 0 Å². The summed E-state index contributed by atoms with van der Waals surface area (Å²) in [5.74, 6) is 1.50. The highest BCUT2D eigenvalue weighted by molar-refractivity contribution is 5.93. The smallest absolute Gasteiger partial charge is 0.273 e.